The Balaban J connectivity index is 1.66. The van der Waals surface area contributed by atoms with Crippen LogP contribution in [-0.4, -0.2) is 22.7 Å². The highest BCUT2D eigenvalue weighted by Crippen LogP contribution is 2.34. The third-order valence-corrected chi connectivity index (χ3v) is 4.51. The number of imide groups is 1. The molecule has 0 fully saturated rings. The molecule has 0 bridgehead atoms. The van der Waals surface area contributed by atoms with E-state index in [1.165, 1.54) is 66.7 Å². The quantitative estimate of drug-likeness (QED) is 0.363. The van der Waals surface area contributed by atoms with Crippen molar-refractivity contribution in [3.05, 3.63) is 93.5 Å². The van der Waals surface area contributed by atoms with Gasteiger partial charge in [0.1, 0.15) is 11.5 Å². The van der Waals surface area contributed by atoms with E-state index in [-0.39, 0.29) is 33.8 Å². The fourth-order valence-corrected chi connectivity index (χ4v) is 3.12. The summed E-state index contributed by atoms with van der Waals surface area (Å²) in [6.07, 6.45) is 0. The number of hydrogen-bond donors (Lipinski definition) is 0. The third kappa shape index (κ3) is 3.14. The molecule has 0 aliphatic carbocycles. The smallest absolute Gasteiger partial charge is 0.269 e. The molecule has 1 heterocycles. The van der Waals surface area contributed by atoms with Crippen LogP contribution in [0.25, 0.3) is 0 Å². The lowest BCUT2D eigenvalue weighted by Gasteiger charge is -2.18. The van der Waals surface area contributed by atoms with Crippen LogP contribution in [0.15, 0.2) is 66.7 Å². The zero-order valence-electron chi connectivity index (χ0n) is 15.1. The molecule has 9 nitrogen and oxygen atoms in total. The van der Waals surface area contributed by atoms with Crippen LogP contribution in [-0.2, 0) is 0 Å². The van der Waals surface area contributed by atoms with Gasteiger partial charge in [0.15, 0.2) is 0 Å². The van der Waals surface area contributed by atoms with Gasteiger partial charge in [-0.2, -0.15) is 0 Å². The lowest BCUT2D eigenvalue weighted by atomic mass is 10.1. The average molecular weight is 403 g/mol. The number of para-hydroxylation sites is 1. The first-order valence-electron chi connectivity index (χ1n) is 8.62. The van der Waals surface area contributed by atoms with E-state index in [4.69, 9.17) is 4.74 Å². The monoisotopic (exact) mass is 403 g/mol. The van der Waals surface area contributed by atoms with Gasteiger partial charge in [-0.25, -0.2) is 4.90 Å². The van der Waals surface area contributed by atoms with Gasteiger partial charge in [0.25, 0.3) is 17.5 Å². The summed E-state index contributed by atoms with van der Waals surface area (Å²) < 4.78 is 5.62. The highest BCUT2D eigenvalue weighted by molar-refractivity contribution is 6.35. The number of nitro groups is 1. The molecule has 9 heteroatoms. The summed E-state index contributed by atoms with van der Waals surface area (Å²) in [4.78, 5) is 47.9. The number of carbonyl (C=O) groups excluding carboxylic acids is 3. The Morgan fingerprint density at radius 1 is 0.867 bits per heavy atom. The second kappa shape index (κ2) is 7.13. The first kappa shape index (κ1) is 18.8. The number of carbonyl (C=O) groups is 3. The average Bonchev–Trinajstić information content (AvgIpc) is 2.98. The van der Waals surface area contributed by atoms with Gasteiger partial charge in [0, 0.05) is 17.7 Å². The number of nitrogens with zero attached hydrogens (tertiary/aromatic N) is 2. The Kier molecular flexibility index (Phi) is 4.47. The molecular weight excluding hydrogens is 392 g/mol. The molecule has 0 N–H and O–H groups in total. The van der Waals surface area contributed by atoms with Crippen molar-refractivity contribution in [2.75, 3.05) is 4.90 Å². The largest absolute Gasteiger partial charge is 0.545 e. The van der Waals surface area contributed by atoms with Crippen molar-refractivity contribution in [1.82, 2.24) is 0 Å². The second-order valence-electron chi connectivity index (χ2n) is 6.31. The number of rotatable bonds is 5. The lowest BCUT2D eigenvalue weighted by molar-refractivity contribution is -0.384. The van der Waals surface area contributed by atoms with Gasteiger partial charge in [0.05, 0.1) is 27.7 Å². The molecule has 148 valence electrons. The fourth-order valence-electron chi connectivity index (χ4n) is 3.12. The van der Waals surface area contributed by atoms with Crippen LogP contribution in [0.2, 0.25) is 0 Å². The number of nitro benzene ring substituents is 1. The Morgan fingerprint density at radius 2 is 1.50 bits per heavy atom. The molecular formula is C21H11N2O7-. The predicted molar refractivity (Wildman–Crippen MR) is 102 cm³/mol. The maximum Gasteiger partial charge on any atom is 0.269 e. The highest BCUT2D eigenvalue weighted by Gasteiger charge is 2.38. The van der Waals surface area contributed by atoms with Crippen molar-refractivity contribution >= 4 is 29.2 Å². The van der Waals surface area contributed by atoms with Gasteiger partial charge >= 0.3 is 0 Å². The molecule has 4 rings (SSSR count). The SMILES string of the molecule is O=C([O-])c1ccccc1N1C(=O)c2ccc(Oc3ccc([N+](=O)[O-])cc3)cc2C1=O. The molecule has 3 aromatic carbocycles. The van der Waals surface area contributed by atoms with E-state index in [1.807, 2.05) is 0 Å². The summed E-state index contributed by atoms with van der Waals surface area (Å²) in [5.74, 6) is -2.33. The number of fused-ring (bicyclic) bond motifs is 1. The zero-order chi connectivity index (χ0) is 21.4. The number of non-ortho nitro benzene ring substituents is 1. The van der Waals surface area contributed by atoms with E-state index in [1.54, 1.807) is 0 Å². The molecule has 0 saturated heterocycles. The minimum Gasteiger partial charge on any atom is -0.545 e. The number of hydrogen-bond acceptors (Lipinski definition) is 7. The lowest BCUT2D eigenvalue weighted by Crippen LogP contribution is -2.33. The molecule has 2 amide bonds. The third-order valence-electron chi connectivity index (χ3n) is 4.51. The number of aromatic carboxylic acids is 1. The molecule has 0 radical (unpaired) electrons. The normalized spacial score (nSPS) is 12.6. The van der Waals surface area contributed by atoms with Crippen molar-refractivity contribution in [3.63, 3.8) is 0 Å². The Labute approximate surface area is 168 Å². The molecule has 30 heavy (non-hydrogen) atoms. The number of carboxylic acids is 1. The van der Waals surface area contributed by atoms with Crippen LogP contribution in [0.4, 0.5) is 11.4 Å². The minimum absolute atomic E-state index is 0.0487. The summed E-state index contributed by atoms with van der Waals surface area (Å²) in [5, 5.41) is 22.1. The maximum absolute atomic E-state index is 12.9. The highest BCUT2D eigenvalue weighted by atomic mass is 16.6. The van der Waals surface area contributed by atoms with Crippen molar-refractivity contribution < 1.29 is 29.2 Å². The number of carboxylic acid groups (broad SMARTS) is 1. The topological polar surface area (TPSA) is 130 Å². The van der Waals surface area contributed by atoms with Crippen molar-refractivity contribution in [1.29, 1.82) is 0 Å². The van der Waals surface area contributed by atoms with Crippen LogP contribution < -0.4 is 14.7 Å². The van der Waals surface area contributed by atoms with E-state index < -0.39 is 22.7 Å². The first-order chi connectivity index (χ1) is 14.4. The van der Waals surface area contributed by atoms with Gasteiger partial charge in [-0.05, 0) is 36.4 Å². The fraction of sp³-hybridized carbons (Fsp3) is 0. The van der Waals surface area contributed by atoms with E-state index in [2.05, 4.69) is 0 Å². The van der Waals surface area contributed by atoms with Crippen LogP contribution in [0.3, 0.4) is 0 Å². The number of benzene rings is 3. The van der Waals surface area contributed by atoms with E-state index >= 15 is 0 Å². The van der Waals surface area contributed by atoms with E-state index in [0.29, 0.717) is 5.75 Å². The summed E-state index contributed by atoms with van der Waals surface area (Å²) >= 11 is 0. The molecule has 1 aliphatic rings. The summed E-state index contributed by atoms with van der Waals surface area (Å²) in [6, 6.07) is 15.2. The van der Waals surface area contributed by atoms with Gasteiger partial charge < -0.3 is 14.6 Å². The molecule has 3 aromatic rings. The number of ether oxygens (including phenoxy) is 1. The standard InChI is InChI=1S/C21H12N2O7/c24-19-15-10-9-14(30-13-7-5-12(6-8-13)23(28)29)11-17(15)20(25)22(19)18-4-2-1-3-16(18)21(26)27/h1-11H,(H,26,27)/p-1. The first-order valence-corrected chi connectivity index (χ1v) is 8.62. The second-order valence-corrected chi connectivity index (χ2v) is 6.31. The van der Waals surface area contributed by atoms with Gasteiger partial charge in [-0.3, -0.25) is 19.7 Å². The van der Waals surface area contributed by atoms with Crippen LogP contribution in [0, 0.1) is 10.1 Å². The maximum atomic E-state index is 12.9. The number of amides is 2. The van der Waals surface area contributed by atoms with Gasteiger partial charge in [-0.15, -0.1) is 0 Å². The Bertz CT molecular complexity index is 1220. The van der Waals surface area contributed by atoms with E-state index in [9.17, 15) is 29.6 Å². The molecule has 0 atom stereocenters. The summed E-state index contributed by atoms with van der Waals surface area (Å²) in [6.45, 7) is 0. The Morgan fingerprint density at radius 3 is 2.17 bits per heavy atom. The number of anilines is 1. The van der Waals surface area contributed by atoms with Crippen molar-refractivity contribution in [3.8, 4) is 11.5 Å². The summed E-state index contributed by atoms with van der Waals surface area (Å²) in [7, 11) is 0. The van der Waals surface area contributed by atoms with Crippen molar-refractivity contribution in [2.45, 2.75) is 0 Å². The Hall–Kier alpha value is -4.53. The minimum atomic E-state index is -1.51. The zero-order valence-corrected chi connectivity index (χ0v) is 15.1. The van der Waals surface area contributed by atoms with Crippen molar-refractivity contribution in [2.24, 2.45) is 0 Å². The molecule has 0 aromatic heterocycles. The molecule has 1 aliphatic heterocycles. The molecule has 0 spiro atoms. The van der Waals surface area contributed by atoms with Gasteiger partial charge in [-0.1, -0.05) is 18.2 Å². The van der Waals surface area contributed by atoms with E-state index in [0.717, 1.165) is 4.90 Å². The molecule has 0 unspecified atom stereocenters. The van der Waals surface area contributed by atoms with Crippen LogP contribution in [0.1, 0.15) is 31.1 Å². The van der Waals surface area contributed by atoms with Crippen LogP contribution >= 0.6 is 0 Å². The van der Waals surface area contributed by atoms with Crippen LogP contribution in [0.5, 0.6) is 11.5 Å². The summed E-state index contributed by atoms with van der Waals surface area (Å²) in [5.41, 5.74) is -0.313. The predicted octanol–water partition coefficient (Wildman–Crippen LogP) is 2.55. The van der Waals surface area contributed by atoms with Gasteiger partial charge in [0.2, 0.25) is 0 Å². The molecule has 0 saturated carbocycles.